The number of benzene rings is 1. The van der Waals surface area contributed by atoms with Crippen molar-refractivity contribution in [2.45, 2.75) is 6.92 Å². The second-order valence-corrected chi connectivity index (χ2v) is 3.17. The Morgan fingerprint density at radius 1 is 1.35 bits per heavy atom. The molecular formula is C12H12O5. The van der Waals surface area contributed by atoms with Crippen LogP contribution in [-0.4, -0.2) is 24.0 Å². The summed E-state index contributed by atoms with van der Waals surface area (Å²) in [6.07, 6.45) is 0.506. The molecule has 0 atom stereocenters. The topological polar surface area (TPSA) is 72.8 Å². The Labute approximate surface area is 98.3 Å². The van der Waals surface area contributed by atoms with Gasteiger partial charge in [-0.25, -0.2) is 4.79 Å². The molecule has 0 aliphatic heterocycles. The molecule has 1 aromatic carbocycles. The van der Waals surface area contributed by atoms with E-state index < -0.39 is 5.97 Å². The predicted octanol–water partition coefficient (Wildman–Crippen LogP) is 1.84. The second kappa shape index (κ2) is 5.69. The molecule has 1 rings (SSSR count). The molecule has 1 aromatic rings. The van der Waals surface area contributed by atoms with Crippen LogP contribution in [0, 0.1) is 0 Å². The number of aliphatic hydroxyl groups excluding tert-OH is 1. The van der Waals surface area contributed by atoms with E-state index in [0.29, 0.717) is 11.8 Å². The van der Waals surface area contributed by atoms with Crippen molar-refractivity contribution in [2.24, 2.45) is 0 Å². The van der Waals surface area contributed by atoms with E-state index in [4.69, 9.17) is 9.84 Å². The first-order valence-electron chi connectivity index (χ1n) is 4.80. The zero-order valence-electron chi connectivity index (χ0n) is 9.47. The van der Waals surface area contributed by atoms with Crippen molar-refractivity contribution in [1.29, 1.82) is 0 Å². The van der Waals surface area contributed by atoms with Crippen LogP contribution < -0.4 is 4.74 Å². The van der Waals surface area contributed by atoms with Crippen LogP contribution in [0.3, 0.4) is 0 Å². The van der Waals surface area contributed by atoms with Gasteiger partial charge < -0.3 is 14.6 Å². The number of hydrogen-bond donors (Lipinski definition) is 1. The first-order chi connectivity index (χ1) is 8.08. The minimum Gasteiger partial charge on any atom is -0.511 e. The fourth-order valence-corrected chi connectivity index (χ4v) is 1.13. The maximum absolute atomic E-state index is 11.1. The van der Waals surface area contributed by atoms with Crippen molar-refractivity contribution in [1.82, 2.24) is 0 Å². The summed E-state index contributed by atoms with van der Waals surface area (Å²) in [7, 11) is 1.17. The minimum absolute atomic E-state index is 0.122. The van der Waals surface area contributed by atoms with Crippen LogP contribution in [0.5, 0.6) is 5.75 Å². The molecule has 0 fully saturated rings. The van der Waals surface area contributed by atoms with Crippen LogP contribution in [0.1, 0.15) is 17.3 Å². The number of aliphatic hydroxyl groups is 1. The molecule has 90 valence electrons. The number of ketones is 1. The minimum atomic E-state index is -0.805. The molecule has 0 aliphatic carbocycles. The molecule has 0 aromatic heterocycles. The van der Waals surface area contributed by atoms with Gasteiger partial charge in [-0.2, -0.15) is 0 Å². The monoisotopic (exact) mass is 236 g/mol. The number of rotatable bonds is 4. The number of ether oxygens (including phenoxy) is 2. The highest BCUT2D eigenvalue weighted by molar-refractivity contribution is 5.94. The van der Waals surface area contributed by atoms with Crippen LogP contribution in [0.25, 0.3) is 0 Å². The standard InChI is InChI=1S/C12H12O5/c1-8(14)9-4-3-5-10(6-9)17-11(7-13)12(15)16-2/h3-7,13H,1-2H3/b11-7+. The third-order valence-electron chi connectivity index (χ3n) is 1.97. The molecular weight excluding hydrogens is 224 g/mol. The van der Waals surface area contributed by atoms with Crippen LogP contribution in [0.2, 0.25) is 0 Å². The molecule has 0 radical (unpaired) electrons. The fraction of sp³-hybridized carbons (Fsp3) is 0.167. The second-order valence-electron chi connectivity index (χ2n) is 3.17. The Balaban J connectivity index is 2.91. The number of esters is 1. The first kappa shape index (κ1) is 12.8. The lowest BCUT2D eigenvalue weighted by Crippen LogP contribution is -2.11. The first-order valence-corrected chi connectivity index (χ1v) is 4.80. The average molecular weight is 236 g/mol. The summed E-state index contributed by atoms with van der Waals surface area (Å²) in [5.74, 6) is -1.01. The normalized spacial score (nSPS) is 10.8. The Morgan fingerprint density at radius 3 is 2.59 bits per heavy atom. The third-order valence-corrected chi connectivity index (χ3v) is 1.97. The van der Waals surface area contributed by atoms with E-state index in [1.165, 1.54) is 20.1 Å². The summed E-state index contributed by atoms with van der Waals surface area (Å²) in [6.45, 7) is 1.42. The van der Waals surface area contributed by atoms with E-state index in [0.717, 1.165) is 0 Å². The Hall–Kier alpha value is -2.30. The van der Waals surface area contributed by atoms with Gasteiger partial charge in [-0.05, 0) is 19.1 Å². The molecule has 5 nitrogen and oxygen atoms in total. The van der Waals surface area contributed by atoms with Gasteiger partial charge in [0.1, 0.15) is 12.0 Å². The Morgan fingerprint density at radius 2 is 2.06 bits per heavy atom. The quantitative estimate of drug-likeness (QED) is 0.374. The van der Waals surface area contributed by atoms with E-state index in [-0.39, 0.29) is 17.3 Å². The lowest BCUT2D eigenvalue weighted by molar-refractivity contribution is -0.138. The molecule has 0 spiro atoms. The zero-order chi connectivity index (χ0) is 12.8. The van der Waals surface area contributed by atoms with Crippen molar-refractivity contribution >= 4 is 11.8 Å². The fourth-order valence-electron chi connectivity index (χ4n) is 1.13. The van der Waals surface area contributed by atoms with Crippen LogP contribution >= 0.6 is 0 Å². The Bertz CT molecular complexity index is 462. The van der Waals surface area contributed by atoms with E-state index in [2.05, 4.69) is 4.74 Å². The molecule has 0 saturated carbocycles. The van der Waals surface area contributed by atoms with E-state index >= 15 is 0 Å². The molecule has 0 amide bonds. The summed E-state index contributed by atoms with van der Waals surface area (Å²) < 4.78 is 9.49. The molecule has 0 bridgehead atoms. The number of carbonyl (C=O) groups is 2. The van der Waals surface area contributed by atoms with Crippen molar-refractivity contribution in [3.05, 3.63) is 41.9 Å². The summed E-state index contributed by atoms with van der Waals surface area (Å²) in [6, 6.07) is 6.25. The van der Waals surface area contributed by atoms with Gasteiger partial charge in [-0.1, -0.05) is 12.1 Å². The summed E-state index contributed by atoms with van der Waals surface area (Å²) >= 11 is 0. The molecule has 1 N–H and O–H groups in total. The predicted molar refractivity (Wildman–Crippen MR) is 59.8 cm³/mol. The third kappa shape index (κ3) is 3.34. The maximum Gasteiger partial charge on any atom is 0.377 e. The van der Waals surface area contributed by atoms with Gasteiger partial charge in [0.05, 0.1) is 7.11 Å². The lowest BCUT2D eigenvalue weighted by atomic mass is 10.1. The average Bonchev–Trinajstić information content (AvgIpc) is 2.35. The molecule has 0 heterocycles. The van der Waals surface area contributed by atoms with Crippen LogP contribution in [0.15, 0.2) is 36.3 Å². The van der Waals surface area contributed by atoms with E-state index in [1.807, 2.05) is 0 Å². The van der Waals surface area contributed by atoms with Gasteiger partial charge in [0, 0.05) is 5.56 Å². The number of Topliss-reactive ketones (excluding diaryl/α,β-unsaturated/α-hetero) is 1. The van der Waals surface area contributed by atoms with Crippen molar-refractivity contribution in [2.75, 3.05) is 7.11 Å². The van der Waals surface area contributed by atoms with Crippen LogP contribution in [-0.2, 0) is 9.53 Å². The number of hydrogen-bond acceptors (Lipinski definition) is 5. The summed E-state index contributed by atoms with van der Waals surface area (Å²) in [4.78, 5) is 22.3. The van der Waals surface area contributed by atoms with Crippen molar-refractivity contribution < 1.29 is 24.2 Å². The smallest absolute Gasteiger partial charge is 0.377 e. The molecule has 5 heteroatoms. The maximum atomic E-state index is 11.1. The van der Waals surface area contributed by atoms with Gasteiger partial charge in [-0.3, -0.25) is 4.79 Å². The lowest BCUT2D eigenvalue weighted by Gasteiger charge is -2.07. The van der Waals surface area contributed by atoms with Crippen molar-refractivity contribution in [3.63, 3.8) is 0 Å². The molecule has 0 aliphatic rings. The SMILES string of the molecule is COC(=O)/C(=C\O)Oc1cccc(C(C)=O)c1. The summed E-state index contributed by atoms with van der Waals surface area (Å²) in [5.41, 5.74) is 0.449. The summed E-state index contributed by atoms with van der Waals surface area (Å²) in [5, 5.41) is 8.81. The number of carbonyl (C=O) groups excluding carboxylic acids is 2. The molecule has 0 saturated heterocycles. The van der Waals surface area contributed by atoms with E-state index in [1.54, 1.807) is 18.2 Å². The molecule has 17 heavy (non-hydrogen) atoms. The van der Waals surface area contributed by atoms with Crippen molar-refractivity contribution in [3.8, 4) is 5.75 Å². The van der Waals surface area contributed by atoms with Crippen LogP contribution in [0.4, 0.5) is 0 Å². The highest BCUT2D eigenvalue weighted by Gasteiger charge is 2.13. The highest BCUT2D eigenvalue weighted by Crippen LogP contribution is 2.16. The van der Waals surface area contributed by atoms with E-state index in [9.17, 15) is 9.59 Å². The largest absolute Gasteiger partial charge is 0.511 e. The molecule has 0 unspecified atom stereocenters. The zero-order valence-corrected chi connectivity index (χ0v) is 9.47. The number of methoxy groups -OCH3 is 1. The van der Waals surface area contributed by atoms with Gasteiger partial charge in [0.25, 0.3) is 0 Å². The van der Waals surface area contributed by atoms with Gasteiger partial charge in [0.15, 0.2) is 5.78 Å². The van der Waals surface area contributed by atoms with Gasteiger partial charge in [0.2, 0.25) is 5.76 Å². The van der Waals surface area contributed by atoms with Gasteiger partial charge >= 0.3 is 5.97 Å². The highest BCUT2D eigenvalue weighted by atomic mass is 16.6. The Kier molecular flexibility index (Phi) is 4.28. The van der Waals surface area contributed by atoms with Gasteiger partial charge in [-0.15, -0.1) is 0 Å².